The van der Waals surface area contributed by atoms with E-state index in [4.69, 9.17) is 5.73 Å². The van der Waals surface area contributed by atoms with Crippen molar-refractivity contribution in [3.63, 3.8) is 0 Å². The second-order valence-electron chi connectivity index (χ2n) is 4.59. The summed E-state index contributed by atoms with van der Waals surface area (Å²) < 4.78 is 0. The van der Waals surface area contributed by atoms with E-state index in [-0.39, 0.29) is 6.04 Å². The summed E-state index contributed by atoms with van der Waals surface area (Å²) in [5.74, 6) is 0.467. The van der Waals surface area contributed by atoms with Crippen molar-refractivity contribution in [1.29, 1.82) is 0 Å². The molecule has 0 saturated heterocycles. The number of nitrogens with zero attached hydrogens (tertiary/aromatic N) is 1. The molecule has 0 unspecified atom stereocenters. The number of pyridine rings is 1. The molecule has 0 radical (unpaired) electrons. The van der Waals surface area contributed by atoms with E-state index in [0.29, 0.717) is 5.92 Å². The SMILES string of the molecule is CC(C)c1c([C@@H](C)N)cnc2ccccc12. The summed E-state index contributed by atoms with van der Waals surface area (Å²) in [6.07, 6.45) is 1.92. The van der Waals surface area contributed by atoms with Crippen LogP contribution in [0.15, 0.2) is 30.5 Å². The molecule has 0 fully saturated rings. The first-order valence-corrected chi connectivity index (χ1v) is 5.74. The molecule has 1 heterocycles. The quantitative estimate of drug-likeness (QED) is 0.832. The first-order valence-electron chi connectivity index (χ1n) is 5.74. The van der Waals surface area contributed by atoms with E-state index >= 15 is 0 Å². The first kappa shape index (κ1) is 11.1. The third-order valence-electron chi connectivity index (χ3n) is 2.92. The van der Waals surface area contributed by atoms with Crippen molar-refractivity contribution >= 4 is 10.9 Å². The number of hydrogen-bond acceptors (Lipinski definition) is 2. The van der Waals surface area contributed by atoms with Crippen molar-refractivity contribution in [2.24, 2.45) is 5.73 Å². The monoisotopic (exact) mass is 214 g/mol. The fourth-order valence-electron chi connectivity index (χ4n) is 2.19. The number of para-hydroxylation sites is 1. The fourth-order valence-corrected chi connectivity index (χ4v) is 2.19. The van der Waals surface area contributed by atoms with Crippen molar-refractivity contribution < 1.29 is 0 Å². The molecule has 16 heavy (non-hydrogen) atoms. The van der Waals surface area contributed by atoms with Crippen molar-refractivity contribution in [2.45, 2.75) is 32.7 Å². The highest BCUT2D eigenvalue weighted by molar-refractivity contribution is 5.83. The van der Waals surface area contributed by atoms with Crippen molar-refractivity contribution in [3.8, 4) is 0 Å². The van der Waals surface area contributed by atoms with Crippen molar-refractivity contribution in [2.75, 3.05) is 0 Å². The average Bonchev–Trinajstić information content (AvgIpc) is 2.27. The highest BCUT2D eigenvalue weighted by Gasteiger charge is 2.14. The van der Waals surface area contributed by atoms with Gasteiger partial charge in [0.2, 0.25) is 0 Å². The molecular weight excluding hydrogens is 196 g/mol. The molecular formula is C14H18N2. The van der Waals surface area contributed by atoms with E-state index in [1.165, 1.54) is 10.9 Å². The van der Waals surface area contributed by atoms with Crippen LogP contribution in [0.2, 0.25) is 0 Å². The van der Waals surface area contributed by atoms with Gasteiger partial charge in [0, 0.05) is 17.6 Å². The Kier molecular flexibility index (Phi) is 2.92. The zero-order valence-corrected chi connectivity index (χ0v) is 10.1. The van der Waals surface area contributed by atoms with Gasteiger partial charge in [-0.25, -0.2) is 0 Å². The Morgan fingerprint density at radius 1 is 1.12 bits per heavy atom. The van der Waals surface area contributed by atoms with Crippen LogP contribution in [-0.2, 0) is 0 Å². The molecule has 2 aromatic rings. The summed E-state index contributed by atoms with van der Waals surface area (Å²) in [5.41, 5.74) is 9.55. The van der Waals surface area contributed by atoms with E-state index in [1.54, 1.807) is 0 Å². The molecule has 0 aliphatic carbocycles. The van der Waals surface area contributed by atoms with Crippen LogP contribution in [0.5, 0.6) is 0 Å². The highest BCUT2D eigenvalue weighted by atomic mass is 14.7. The van der Waals surface area contributed by atoms with Crippen LogP contribution in [0, 0.1) is 0 Å². The lowest BCUT2D eigenvalue weighted by Gasteiger charge is -2.17. The highest BCUT2D eigenvalue weighted by Crippen LogP contribution is 2.30. The van der Waals surface area contributed by atoms with Gasteiger partial charge in [-0.2, -0.15) is 0 Å². The summed E-state index contributed by atoms with van der Waals surface area (Å²) in [6.45, 7) is 6.42. The topological polar surface area (TPSA) is 38.9 Å². The summed E-state index contributed by atoms with van der Waals surface area (Å²) in [5, 5.41) is 1.23. The summed E-state index contributed by atoms with van der Waals surface area (Å²) >= 11 is 0. The number of benzene rings is 1. The number of fused-ring (bicyclic) bond motifs is 1. The van der Waals surface area contributed by atoms with E-state index < -0.39 is 0 Å². The number of nitrogens with two attached hydrogens (primary N) is 1. The summed E-state index contributed by atoms with van der Waals surface area (Å²) in [7, 11) is 0. The Bertz CT molecular complexity index is 501. The molecule has 0 saturated carbocycles. The lowest BCUT2D eigenvalue weighted by Crippen LogP contribution is -2.10. The molecule has 2 rings (SSSR count). The molecule has 0 amide bonds. The lowest BCUT2D eigenvalue weighted by molar-refractivity contribution is 0.766. The second-order valence-corrected chi connectivity index (χ2v) is 4.59. The van der Waals surface area contributed by atoms with Crippen LogP contribution < -0.4 is 5.73 Å². The molecule has 0 aliphatic heterocycles. The molecule has 2 heteroatoms. The zero-order valence-electron chi connectivity index (χ0n) is 10.1. The van der Waals surface area contributed by atoms with Crippen molar-refractivity contribution in [1.82, 2.24) is 4.98 Å². The largest absolute Gasteiger partial charge is 0.324 e. The van der Waals surface area contributed by atoms with E-state index in [2.05, 4.69) is 31.0 Å². The van der Waals surface area contributed by atoms with E-state index in [9.17, 15) is 0 Å². The van der Waals surface area contributed by atoms with Crippen LogP contribution in [0.25, 0.3) is 10.9 Å². The Labute approximate surface area is 96.5 Å². The van der Waals surface area contributed by atoms with Crippen LogP contribution in [0.3, 0.4) is 0 Å². The van der Waals surface area contributed by atoms with E-state index in [0.717, 1.165) is 11.1 Å². The van der Waals surface area contributed by atoms with Crippen LogP contribution >= 0.6 is 0 Å². The van der Waals surface area contributed by atoms with Crippen LogP contribution in [0.1, 0.15) is 43.9 Å². The summed E-state index contributed by atoms with van der Waals surface area (Å²) in [4.78, 5) is 4.47. The average molecular weight is 214 g/mol. The Hall–Kier alpha value is -1.41. The normalized spacial score (nSPS) is 13.3. The lowest BCUT2D eigenvalue weighted by atomic mass is 9.91. The smallest absolute Gasteiger partial charge is 0.0705 e. The van der Waals surface area contributed by atoms with Gasteiger partial charge in [-0.15, -0.1) is 0 Å². The molecule has 1 aromatic carbocycles. The minimum Gasteiger partial charge on any atom is -0.324 e. The Balaban J connectivity index is 2.79. The predicted octanol–water partition coefficient (Wildman–Crippen LogP) is 3.38. The van der Waals surface area contributed by atoms with Gasteiger partial charge < -0.3 is 5.73 Å². The zero-order chi connectivity index (χ0) is 11.7. The van der Waals surface area contributed by atoms with Gasteiger partial charge >= 0.3 is 0 Å². The molecule has 0 aliphatic rings. The van der Waals surface area contributed by atoms with Crippen LogP contribution in [-0.4, -0.2) is 4.98 Å². The molecule has 0 spiro atoms. The van der Waals surface area contributed by atoms with Crippen molar-refractivity contribution in [3.05, 3.63) is 41.6 Å². The maximum atomic E-state index is 6.00. The van der Waals surface area contributed by atoms with Gasteiger partial charge in [0.25, 0.3) is 0 Å². The minimum atomic E-state index is 0.0366. The van der Waals surface area contributed by atoms with Gasteiger partial charge in [-0.1, -0.05) is 32.0 Å². The molecule has 2 nitrogen and oxygen atoms in total. The molecule has 0 bridgehead atoms. The molecule has 1 atom stereocenters. The number of rotatable bonds is 2. The molecule has 1 aromatic heterocycles. The minimum absolute atomic E-state index is 0.0366. The Morgan fingerprint density at radius 3 is 2.44 bits per heavy atom. The fraction of sp³-hybridized carbons (Fsp3) is 0.357. The second kappa shape index (κ2) is 4.22. The maximum absolute atomic E-state index is 6.00. The van der Waals surface area contributed by atoms with Gasteiger partial charge in [0.15, 0.2) is 0 Å². The Morgan fingerprint density at radius 2 is 1.81 bits per heavy atom. The molecule has 84 valence electrons. The van der Waals surface area contributed by atoms with Gasteiger partial charge in [-0.3, -0.25) is 4.98 Å². The third kappa shape index (κ3) is 1.81. The number of aromatic nitrogens is 1. The first-order chi connectivity index (χ1) is 7.61. The van der Waals surface area contributed by atoms with Crippen LogP contribution in [0.4, 0.5) is 0 Å². The third-order valence-corrected chi connectivity index (χ3v) is 2.92. The van der Waals surface area contributed by atoms with Gasteiger partial charge in [0.1, 0.15) is 0 Å². The predicted molar refractivity (Wildman–Crippen MR) is 68.4 cm³/mol. The van der Waals surface area contributed by atoms with E-state index in [1.807, 2.05) is 25.3 Å². The summed E-state index contributed by atoms with van der Waals surface area (Å²) in [6, 6.07) is 8.29. The number of hydrogen-bond donors (Lipinski definition) is 1. The standard InChI is InChI=1S/C14H18N2/c1-9(2)14-11-6-4-5-7-13(11)16-8-12(14)10(3)15/h4-10H,15H2,1-3H3/t10-/m1/s1. The van der Waals surface area contributed by atoms with Gasteiger partial charge in [0.05, 0.1) is 5.52 Å². The van der Waals surface area contributed by atoms with Gasteiger partial charge in [-0.05, 0) is 30.0 Å². The molecule has 2 N–H and O–H groups in total. The maximum Gasteiger partial charge on any atom is 0.0705 e.